The molecule has 0 radical (unpaired) electrons. The normalized spacial score (nSPS) is 11.2. The molecule has 0 heterocycles. The summed E-state index contributed by atoms with van der Waals surface area (Å²) < 4.78 is 38.9. The van der Waals surface area contributed by atoms with Crippen molar-refractivity contribution in [3.05, 3.63) is 301 Å². The Morgan fingerprint density at radius 2 is 1.08 bits per heavy atom. The van der Waals surface area contributed by atoms with E-state index >= 15 is 0 Å². The number of carbonyl (C=O) groups is 2. The Morgan fingerprint density at radius 1 is 0.520 bits per heavy atom. The Morgan fingerprint density at radius 3 is 1.68 bits per heavy atom. The molecule has 11 rings (SSSR count). The molecule has 45 nitrogen and oxygen atoms in total. The van der Waals surface area contributed by atoms with Crippen LogP contribution in [0.3, 0.4) is 0 Å². The van der Waals surface area contributed by atoms with Gasteiger partial charge >= 0.3 is 40.1 Å². The average Bonchev–Trinajstić information content (AvgIpc) is 0.803. The van der Waals surface area contributed by atoms with E-state index in [0.29, 0.717) is 58.8 Å². The first kappa shape index (κ1) is 94.0. The van der Waals surface area contributed by atoms with Gasteiger partial charge in [0.1, 0.15) is 44.9 Å². The van der Waals surface area contributed by atoms with E-state index in [4.69, 9.17) is 10.00 Å². The summed E-state index contributed by atoms with van der Waals surface area (Å²) in [5, 5.41) is 141. The molecule has 0 bridgehead atoms. The number of azo groups is 3. The summed E-state index contributed by atoms with van der Waals surface area (Å²) in [7, 11) is -4.70. The molecule has 5 N–H and O–H groups in total. The fourth-order valence-electron chi connectivity index (χ4n) is 10.8. The molecule has 11 aromatic carbocycles. The third-order valence-electron chi connectivity index (χ3n) is 16.6. The predicted molar refractivity (Wildman–Crippen MR) is 441 cm³/mol. The maximum Gasteiger partial charge on any atom is 2.00 e. The van der Waals surface area contributed by atoms with Crippen LogP contribution in [0, 0.1) is 82.1 Å². The van der Waals surface area contributed by atoms with Gasteiger partial charge in [0.05, 0.1) is 104 Å². The van der Waals surface area contributed by atoms with Gasteiger partial charge in [0.25, 0.3) is 22.7 Å². The number of nitro groups is 7. The van der Waals surface area contributed by atoms with E-state index in [1.54, 1.807) is 48.5 Å². The first-order valence-corrected chi connectivity index (χ1v) is 37.1. The quantitative estimate of drug-likeness (QED) is 0.00578. The van der Waals surface area contributed by atoms with Crippen molar-refractivity contribution in [2.75, 3.05) is 58.8 Å². The minimum Gasteiger partial charge on any atom is -0.744 e. The largest absolute Gasteiger partial charge is 2.00 e. The van der Waals surface area contributed by atoms with E-state index in [1.807, 2.05) is 43.0 Å². The maximum atomic E-state index is 12.8. The molecule has 630 valence electrons. The molecule has 0 spiro atoms. The Bertz CT molecular complexity index is 6450. The van der Waals surface area contributed by atoms with Crippen molar-refractivity contribution in [2.45, 2.75) is 39.0 Å². The fraction of sp³-hybridized carbons (Fsp3) is 0.133. The number of anilines is 5. The standard InChI is InChI=1S/C22H14N6O10S.C19H19N5O4.C18H19BrN6O5.C16H10N4O5.Fe/c29-19-7-6-16(24-25-17-9-12(27(32)33)10-18(21(17)30)28(34)35)22(31)20(19)26-23-15-3-1-2-11-8-13(39(36,37)38)4-5-14(11)15;1-15(25)28-14-13-23(12-2-11-20)18-7-3-16(4-8-18)21-22-17-5-9-19(10-6-17)24(26)27;1-4-23(5-2)12-6-7-15(16(9-12)20-11(3)26)21-22-18-14(19)8-13(24(27)28)10-17(18)25(29)30;21-15-8-5-10-3-1-2-4-12(10)16(15)18-17-13-7-6-11(19(22)23)9-14(13)20(24)25;/h1-10,23,25,30H,(H,36,37,38);3-10H,2,12-14H2,1H3;6-10H,4-5H2,1-3H3,(H,20,26);1-9,21H;/q;;;;+2/p-1. The van der Waals surface area contributed by atoms with Crippen LogP contribution in [0.1, 0.15) is 34.1 Å². The molecule has 11 aromatic rings. The van der Waals surface area contributed by atoms with Gasteiger partial charge in [-0.15, -0.1) is 20.5 Å². The summed E-state index contributed by atoms with van der Waals surface area (Å²) in [5.74, 6) is -1.77. The van der Waals surface area contributed by atoms with Gasteiger partial charge in [0.15, 0.2) is 16.7 Å². The molecule has 1 amide bonds. The molecule has 0 aliphatic heterocycles. The van der Waals surface area contributed by atoms with Crippen molar-refractivity contribution >= 4 is 162 Å². The van der Waals surface area contributed by atoms with Crippen LogP contribution < -0.4 is 47.5 Å². The van der Waals surface area contributed by atoms with Crippen LogP contribution in [0.25, 0.3) is 21.5 Å². The summed E-state index contributed by atoms with van der Waals surface area (Å²) in [6, 6.07) is 47.0. The predicted octanol–water partition coefficient (Wildman–Crippen LogP) is 15.3. The van der Waals surface area contributed by atoms with Crippen molar-refractivity contribution in [3.63, 3.8) is 0 Å². The molecular formula is C75H61BrFeN21O24S+. The van der Waals surface area contributed by atoms with Crippen LogP contribution >= 0.6 is 15.9 Å². The number of phenols is 2. The van der Waals surface area contributed by atoms with Gasteiger partial charge < -0.3 is 34.6 Å². The number of aromatic hydroxyl groups is 2. The van der Waals surface area contributed by atoms with E-state index in [2.05, 4.69) is 84.0 Å². The van der Waals surface area contributed by atoms with E-state index < -0.39 is 117 Å². The number of halogens is 1. The Hall–Kier alpha value is -16.1. The second kappa shape index (κ2) is 43.4. The summed E-state index contributed by atoms with van der Waals surface area (Å²) in [5.41, 5.74) is 2.26. The summed E-state index contributed by atoms with van der Waals surface area (Å²) in [6.45, 7) is 9.46. The summed E-state index contributed by atoms with van der Waals surface area (Å²) >= 11 is 3.08. The number of fused-ring (bicyclic) bond motifs is 2. The molecule has 0 atom stereocenters. The number of nitro benzene ring substituents is 7. The topological polar surface area (TPSA) is 642 Å². The van der Waals surface area contributed by atoms with Crippen LogP contribution in [0.4, 0.5) is 102 Å². The van der Waals surface area contributed by atoms with Crippen LogP contribution in [0.15, 0.2) is 254 Å². The van der Waals surface area contributed by atoms with Crippen LogP contribution in [-0.2, 0) is 41.5 Å². The van der Waals surface area contributed by atoms with E-state index in [9.17, 15) is 113 Å². The van der Waals surface area contributed by atoms with Gasteiger partial charge in [-0.2, -0.15) is 25.7 Å². The fourth-order valence-corrected chi connectivity index (χ4v) is 11.8. The van der Waals surface area contributed by atoms with Crippen LogP contribution in [-0.4, -0.2) is 102 Å². The molecule has 123 heavy (non-hydrogen) atoms. The number of hydrogen-bond donors (Lipinski definition) is 5. The Labute approximate surface area is 709 Å². The SMILES string of the molecule is CC(=O)OCCN(CCC#N)c1ccc(N=Nc2ccc([N+](=O)[O-])cc2)cc1.CCN(CC)c1ccc(N=Nc2c(Br)cc([N+](=O)[O-])cc2[N+](=O)[O-])c(NC(C)=O)c1.O=[N+]([O-])c1ccc(N=Nc2c(O)ccc3ccccc23)c([N+](=O)[O-])c1.O=c1ccc(=NNc2cc([N+](=O)[O-])cc([N+](=O)[O-])c2O)c(=O)c1=NNc1cccc2cc(S(=O)(=O)[O-])ccc12.[Fe+2]. The first-order chi connectivity index (χ1) is 58.0. The molecule has 0 aliphatic rings. The number of phenolic OH excluding ortho intramolecular Hbond substituents is 2. The molecular weight excluding hydrogens is 1750 g/mol. The average molecular weight is 1810 g/mol. The molecule has 0 fully saturated rings. The molecule has 0 saturated heterocycles. The number of nitrogens with zero attached hydrogens (tertiary/aromatic N) is 18. The van der Waals surface area contributed by atoms with Crippen LogP contribution in [0.2, 0.25) is 0 Å². The number of nitrogens with one attached hydrogen (secondary N) is 3. The number of esters is 1. The molecule has 0 aromatic heterocycles. The second-order valence-corrected chi connectivity index (χ2v) is 26.8. The number of amides is 1. The summed E-state index contributed by atoms with van der Waals surface area (Å²) in [6.07, 6.45) is 0.349. The van der Waals surface area contributed by atoms with Crippen molar-refractivity contribution in [1.82, 2.24) is 0 Å². The first-order valence-electron chi connectivity index (χ1n) is 34.9. The van der Waals surface area contributed by atoms with Gasteiger partial charge in [-0.25, -0.2) is 8.42 Å². The molecule has 0 aliphatic carbocycles. The van der Waals surface area contributed by atoms with E-state index in [-0.39, 0.29) is 79.9 Å². The summed E-state index contributed by atoms with van der Waals surface area (Å²) in [4.78, 5) is 123. The Balaban J connectivity index is 0.000000228. The van der Waals surface area contributed by atoms with E-state index in [0.717, 1.165) is 90.5 Å². The Kier molecular flexibility index (Phi) is 33.2. The third-order valence-corrected chi connectivity index (χ3v) is 18.0. The monoisotopic (exact) mass is 1810 g/mol. The van der Waals surface area contributed by atoms with Crippen molar-refractivity contribution in [2.24, 2.45) is 40.9 Å². The molecule has 0 saturated carbocycles. The zero-order valence-corrected chi connectivity index (χ0v) is 67.3. The number of nitriles is 1. The zero-order valence-electron chi connectivity index (χ0n) is 63.8. The van der Waals surface area contributed by atoms with Crippen molar-refractivity contribution in [1.29, 1.82) is 5.26 Å². The molecule has 0 unspecified atom stereocenters. The van der Waals surface area contributed by atoms with Gasteiger partial charge in [0.2, 0.25) is 22.5 Å². The second-order valence-electron chi connectivity index (χ2n) is 24.6. The van der Waals surface area contributed by atoms with Crippen LogP contribution in [0.5, 0.6) is 11.5 Å². The number of non-ortho nitro benzene ring substituents is 4. The minimum absolute atomic E-state index is 0. The molecule has 48 heteroatoms. The number of benzene rings is 11. The number of rotatable bonds is 28. The third kappa shape index (κ3) is 25.7. The van der Waals surface area contributed by atoms with Crippen molar-refractivity contribution in [3.8, 4) is 17.6 Å². The minimum atomic E-state index is -4.70. The van der Waals surface area contributed by atoms with Gasteiger partial charge in [-0.05, 0) is 138 Å². The van der Waals surface area contributed by atoms with E-state index in [1.165, 1.54) is 68.4 Å². The van der Waals surface area contributed by atoms with Crippen molar-refractivity contribution < 1.29 is 89.0 Å². The smallest absolute Gasteiger partial charge is 0.744 e. The number of carbonyl (C=O) groups excluding carboxylic acids is 2. The van der Waals surface area contributed by atoms with Gasteiger partial charge in [-0.1, -0.05) is 48.5 Å². The maximum absolute atomic E-state index is 12.8. The zero-order chi connectivity index (χ0) is 89.2. The van der Waals surface area contributed by atoms with Gasteiger partial charge in [0, 0.05) is 86.0 Å². The number of ether oxygens (including phenoxy) is 1. The van der Waals surface area contributed by atoms with Gasteiger partial charge in [-0.3, -0.25) is 101 Å². The number of hydrogen-bond acceptors (Lipinski definition) is 37.